The molecule has 0 unspecified atom stereocenters. The summed E-state index contributed by atoms with van der Waals surface area (Å²) in [5.41, 5.74) is 3.15. The Kier molecular flexibility index (Phi) is 3.18. The highest BCUT2D eigenvalue weighted by molar-refractivity contribution is 6.04. The van der Waals surface area contributed by atoms with E-state index in [1.807, 2.05) is 31.5 Å². The Balaban J connectivity index is 1.63. The first-order valence-electron chi connectivity index (χ1n) is 7.87. The number of rotatable bonds is 3. The van der Waals surface area contributed by atoms with Crippen LogP contribution < -0.4 is 0 Å². The van der Waals surface area contributed by atoms with Crippen molar-refractivity contribution in [3.8, 4) is 0 Å². The van der Waals surface area contributed by atoms with Gasteiger partial charge in [0.2, 0.25) is 0 Å². The fourth-order valence-corrected chi connectivity index (χ4v) is 3.43. The van der Waals surface area contributed by atoms with Crippen LogP contribution in [0.5, 0.6) is 0 Å². The molecule has 1 aromatic heterocycles. The van der Waals surface area contributed by atoms with Crippen LogP contribution in [0.3, 0.4) is 0 Å². The molecule has 0 aliphatic carbocycles. The van der Waals surface area contributed by atoms with Gasteiger partial charge in [0.25, 0.3) is 5.91 Å². The van der Waals surface area contributed by atoms with Crippen LogP contribution in [0.4, 0.5) is 4.79 Å². The van der Waals surface area contributed by atoms with Crippen molar-refractivity contribution in [2.24, 2.45) is 0 Å². The van der Waals surface area contributed by atoms with E-state index in [0.29, 0.717) is 19.5 Å². The molecule has 6 heteroatoms. The first-order valence-corrected chi connectivity index (χ1v) is 7.87. The number of imide groups is 1. The fourth-order valence-electron chi connectivity index (χ4n) is 3.43. The normalized spacial score (nSPS) is 20.0. The number of imidazole rings is 1. The monoisotopic (exact) mass is 310 g/mol. The summed E-state index contributed by atoms with van der Waals surface area (Å²) < 4.78 is 2.08. The molecule has 2 aliphatic rings. The molecule has 6 nitrogen and oxygen atoms in total. The van der Waals surface area contributed by atoms with Crippen LogP contribution in [0.15, 0.2) is 36.7 Å². The van der Waals surface area contributed by atoms with Crippen molar-refractivity contribution in [1.82, 2.24) is 19.4 Å². The van der Waals surface area contributed by atoms with Gasteiger partial charge in [-0.15, -0.1) is 0 Å². The lowest BCUT2D eigenvalue weighted by atomic mass is 10.0. The summed E-state index contributed by atoms with van der Waals surface area (Å²) in [6.07, 6.45) is 2.32. The number of hydrogen-bond acceptors (Lipinski definition) is 3. The van der Waals surface area contributed by atoms with Crippen molar-refractivity contribution >= 4 is 11.9 Å². The molecule has 2 aromatic rings. The van der Waals surface area contributed by atoms with Crippen LogP contribution in [-0.2, 0) is 24.3 Å². The SMILES string of the molecule is CCN1C(=O)[C@@H]2Cc3ncn(Cc4ccccc4)c3CN2C1=O. The summed E-state index contributed by atoms with van der Waals surface area (Å²) in [6.45, 7) is 3.43. The average Bonchev–Trinajstić information content (AvgIpc) is 3.07. The van der Waals surface area contributed by atoms with Crippen molar-refractivity contribution in [3.63, 3.8) is 0 Å². The smallest absolute Gasteiger partial charge is 0.327 e. The maximum Gasteiger partial charge on any atom is 0.327 e. The molecule has 4 rings (SSSR count). The lowest BCUT2D eigenvalue weighted by Crippen LogP contribution is -2.40. The molecule has 118 valence electrons. The number of benzene rings is 1. The molecule has 1 atom stereocenters. The predicted molar refractivity (Wildman–Crippen MR) is 83.6 cm³/mol. The van der Waals surface area contributed by atoms with Crippen molar-refractivity contribution in [2.75, 3.05) is 6.54 Å². The molecular weight excluding hydrogens is 292 g/mol. The quantitative estimate of drug-likeness (QED) is 0.810. The minimum absolute atomic E-state index is 0.0965. The van der Waals surface area contributed by atoms with Gasteiger partial charge in [-0.3, -0.25) is 9.69 Å². The van der Waals surface area contributed by atoms with Gasteiger partial charge in [0, 0.05) is 19.5 Å². The van der Waals surface area contributed by atoms with E-state index in [1.165, 1.54) is 10.5 Å². The second-order valence-corrected chi connectivity index (χ2v) is 5.96. The molecule has 1 aromatic carbocycles. The van der Waals surface area contributed by atoms with E-state index in [-0.39, 0.29) is 18.0 Å². The van der Waals surface area contributed by atoms with Crippen LogP contribution in [-0.4, -0.2) is 43.9 Å². The minimum atomic E-state index is -0.380. The first kappa shape index (κ1) is 14.0. The highest BCUT2D eigenvalue weighted by Gasteiger charge is 2.47. The Hall–Kier alpha value is -2.63. The number of urea groups is 1. The van der Waals surface area contributed by atoms with Gasteiger partial charge < -0.3 is 9.47 Å². The van der Waals surface area contributed by atoms with Crippen LogP contribution in [0.2, 0.25) is 0 Å². The third-order valence-electron chi connectivity index (χ3n) is 4.66. The lowest BCUT2D eigenvalue weighted by Gasteiger charge is -2.27. The molecule has 0 radical (unpaired) electrons. The van der Waals surface area contributed by atoms with Crippen LogP contribution in [0, 0.1) is 0 Å². The standard InChI is InChI=1S/C17H18N4O2/c1-2-20-16(22)14-8-13-15(10-21(14)17(20)23)19(11-18-13)9-12-6-4-3-5-7-12/h3-7,11,14H,2,8-10H2,1H3/t14-/m0/s1. The number of nitrogens with zero attached hydrogens (tertiary/aromatic N) is 4. The number of carbonyl (C=O) groups excluding carboxylic acids is 2. The van der Waals surface area contributed by atoms with Gasteiger partial charge in [0.1, 0.15) is 6.04 Å². The van der Waals surface area contributed by atoms with E-state index in [1.54, 1.807) is 4.90 Å². The number of hydrogen-bond donors (Lipinski definition) is 0. The first-order chi connectivity index (χ1) is 11.2. The fraction of sp³-hybridized carbons (Fsp3) is 0.353. The number of amides is 3. The number of aromatic nitrogens is 2. The van der Waals surface area contributed by atoms with E-state index < -0.39 is 0 Å². The highest BCUT2D eigenvalue weighted by Crippen LogP contribution is 2.29. The molecule has 23 heavy (non-hydrogen) atoms. The summed E-state index contributed by atoms with van der Waals surface area (Å²) in [6, 6.07) is 9.59. The van der Waals surface area contributed by atoms with E-state index in [2.05, 4.69) is 21.7 Å². The average molecular weight is 310 g/mol. The second kappa shape index (κ2) is 5.22. The third kappa shape index (κ3) is 2.13. The summed E-state index contributed by atoms with van der Waals surface area (Å²) in [7, 11) is 0. The maximum absolute atomic E-state index is 12.4. The molecular formula is C17H18N4O2. The lowest BCUT2D eigenvalue weighted by molar-refractivity contribution is -0.128. The largest absolute Gasteiger partial charge is 0.328 e. The number of fused-ring (bicyclic) bond motifs is 2. The van der Waals surface area contributed by atoms with Crippen molar-refractivity contribution in [3.05, 3.63) is 53.6 Å². The maximum atomic E-state index is 12.4. The Morgan fingerprint density at radius 2 is 2.00 bits per heavy atom. The molecule has 3 amide bonds. The third-order valence-corrected chi connectivity index (χ3v) is 4.66. The van der Waals surface area contributed by atoms with Gasteiger partial charge in [-0.2, -0.15) is 0 Å². The van der Waals surface area contributed by atoms with Crippen molar-refractivity contribution in [2.45, 2.75) is 32.5 Å². The number of carbonyl (C=O) groups is 2. The minimum Gasteiger partial charge on any atom is -0.328 e. The summed E-state index contributed by atoms with van der Waals surface area (Å²) in [4.78, 5) is 32.2. The molecule has 0 spiro atoms. The van der Waals surface area contributed by atoms with E-state index in [4.69, 9.17) is 0 Å². The Labute approximate surface area is 134 Å². The van der Waals surface area contributed by atoms with Crippen molar-refractivity contribution in [1.29, 1.82) is 0 Å². The Morgan fingerprint density at radius 3 is 2.74 bits per heavy atom. The van der Waals surface area contributed by atoms with Gasteiger partial charge in [0.15, 0.2) is 0 Å². The molecule has 2 aliphatic heterocycles. The zero-order chi connectivity index (χ0) is 16.0. The van der Waals surface area contributed by atoms with Crippen LogP contribution in [0.25, 0.3) is 0 Å². The second-order valence-electron chi connectivity index (χ2n) is 5.96. The molecule has 1 saturated heterocycles. The van der Waals surface area contributed by atoms with Gasteiger partial charge in [0.05, 0.1) is 24.3 Å². The van der Waals surface area contributed by atoms with Gasteiger partial charge in [-0.25, -0.2) is 9.78 Å². The molecule has 0 N–H and O–H groups in total. The van der Waals surface area contributed by atoms with Crippen molar-refractivity contribution < 1.29 is 9.59 Å². The van der Waals surface area contributed by atoms with Gasteiger partial charge in [-0.05, 0) is 12.5 Å². The molecule has 1 fully saturated rings. The Morgan fingerprint density at radius 1 is 1.22 bits per heavy atom. The molecule has 0 bridgehead atoms. The zero-order valence-corrected chi connectivity index (χ0v) is 13.0. The molecule has 0 saturated carbocycles. The van der Waals surface area contributed by atoms with Gasteiger partial charge in [-0.1, -0.05) is 30.3 Å². The van der Waals surface area contributed by atoms with E-state index in [9.17, 15) is 9.59 Å². The summed E-state index contributed by atoms with van der Waals surface area (Å²) in [5, 5.41) is 0. The van der Waals surface area contributed by atoms with Crippen LogP contribution in [0.1, 0.15) is 23.9 Å². The van der Waals surface area contributed by atoms with Crippen LogP contribution >= 0.6 is 0 Å². The zero-order valence-electron chi connectivity index (χ0n) is 13.0. The van der Waals surface area contributed by atoms with E-state index >= 15 is 0 Å². The van der Waals surface area contributed by atoms with Gasteiger partial charge >= 0.3 is 6.03 Å². The predicted octanol–water partition coefficient (Wildman–Crippen LogP) is 1.64. The Bertz CT molecular complexity index is 768. The number of likely N-dealkylation sites (N-methyl/N-ethyl adjacent to an activating group) is 1. The molecule has 3 heterocycles. The summed E-state index contributed by atoms with van der Waals surface area (Å²) in [5.74, 6) is -0.0965. The highest BCUT2D eigenvalue weighted by atomic mass is 16.2. The topological polar surface area (TPSA) is 58.4 Å². The van der Waals surface area contributed by atoms with E-state index in [0.717, 1.165) is 17.9 Å². The summed E-state index contributed by atoms with van der Waals surface area (Å²) >= 11 is 0.